The third kappa shape index (κ3) is 16.4. The summed E-state index contributed by atoms with van der Waals surface area (Å²) in [6, 6.07) is 1.27. The van der Waals surface area contributed by atoms with E-state index in [1.165, 1.54) is 110 Å². The Morgan fingerprint density at radius 1 is 0.517 bits per heavy atom. The van der Waals surface area contributed by atoms with Crippen LogP contribution >= 0.6 is 0 Å². The van der Waals surface area contributed by atoms with E-state index >= 15 is 0 Å². The fourth-order valence-electron chi connectivity index (χ4n) is 4.14. The van der Waals surface area contributed by atoms with E-state index in [2.05, 4.69) is 55.5 Å². The highest BCUT2D eigenvalue weighted by molar-refractivity contribution is 6.71. The fraction of sp³-hybridized carbons (Fsp3) is 1.00. The molecule has 0 aromatic heterocycles. The van der Waals surface area contributed by atoms with Gasteiger partial charge in [-0.3, -0.25) is 0 Å². The van der Waals surface area contributed by atoms with Crippen molar-refractivity contribution < 1.29 is 4.43 Å². The molecule has 4 nitrogen and oxygen atoms in total. The standard InChI is InChI=1S/C24H55N3OSi/c1-8-15-25(16-9-2)19-12-21-27(23-14-24-29(6,7)28-5)22-13-20-26(17-10-3)18-11-4/h8-24H2,1-7H3. The Balaban J connectivity index is 4.50. The van der Waals surface area contributed by atoms with Crippen molar-refractivity contribution >= 4 is 8.32 Å². The third-order valence-electron chi connectivity index (χ3n) is 5.86. The summed E-state index contributed by atoms with van der Waals surface area (Å²) in [6.07, 6.45) is 8.97. The van der Waals surface area contributed by atoms with Crippen LogP contribution in [0.2, 0.25) is 19.1 Å². The first kappa shape index (κ1) is 29.1. The largest absolute Gasteiger partial charge is 0.420 e. The molecule has 0 amide bonds. The average molecular weight is 430 g/mol. The van der Waals surface area contributed by atoms with Crippen LogP contribution < -0.4 is 0 Å². The molecule has 0 spiro atoms. The van der Waals surface area contributed by atoms with E-state index in [0.29, 0.717) is 0 Å². The van der Waals surface area contributed by atoms with Gasteiger partial charge in [0.1, 0.15) is 0 Å². The van der Waals surface area contributed by atoms with Gasteiger partial charge in [-0.25, -0.2) is 0 Å². The summed E-state index contributed by atoms with van der Waals surface area (Å²) in [5, 5.41) is 0. The second-order valence-electron chi connectivity index (χ2n) is 9.30. The fourth-order valence-corrected chi connectivity index (χ4v) is 5.35. The van der Waals surface area contributed by atoms with E-state index in [1.54, 1.807) is 0 Å². The predicted octanol–water partition coefficient (Wildman–Crippen LogP) is 5.55. The molecule has 0 fully saturated rings. The SMILES string of the molecule is CCCN(CCC)CCCN(CCCN(CCC)CCC)CCC[Si](C)(C)OC. The molecule has 0 aromatic rings. The van der Waals surface area contributed by atoms with E-state index in [9.17, 15) is 0 Å². The lowest BCUT2D eigenvalue weighted by Crippen LogP contribution is -2.35. The van der Waals surface area contributed by atoms with Gasteiger partial charge < -0.3 is 19.1 Å². The molecule has 0 heterocycles. The topological polar surface area (TPSA) is 19.0 Å². The van der Waals surface area contributed by atoms with Crippen molar-refractivity contribution in [2.24, 2.45) is 0 Å². The molecule has 0 saturated carbocycles. The van der Waals surface area contributed by atoms with Gasteiger partial charge in [-0.05, 0) is 123 Å². The molecule has 0 radical (unpaired) electrons. The predicted molar refractivity (Wildman–Crippen MR) is 134 cm³/mol. The maximum atomic E-state index is 5.76. The quantitative estimate of drug-likeness (QED) is 0.222. The molecule has 0 atom stereocenters. The summed E-state index contributed by atoms with van der Waals surface area (Å²) in [6.45, 7) is 25.2. The van der Waals surface area contributed by atoms with Gasteiger partial charge in [0.05, 0.1) is 0 Å². The minimum absolute atomic E-state index is 1.24. The van der Waals surface area contributed by atoms with Crippen LogP contribution in [0.15, 0.2) is 0 Å². The van der Waals surface area contributed by atoms with E-state index in [0.717, 1.165) is 0 Å². The molecule has 0 N–H and O–H groups in total. The van der Waals surface area contributed by atoms with Gasteiger partial charge in [0.25, 0.3) is 0 Å². The van der Waals surface area contributed by atoms with Crippen molar-refractivity contribution in [3.8, 4) is 0 Å². The first-order chi connectivity index (χ1) is 13.9. The molecule has 5 heteroatoms. The van der Waals surface area contributed by atoms with Crippen molar-refractivity contribution in [1.82, 2.24) is 14.7 Å². The smallest absolute Gasteiger partial charge is 0.186 e. The molecule has 0 unspecified atom stereocenters. The Bertz CT molecular complexity index is 321. The molecule has 176 valence electrons. The van der Waals surface area contributed by atoms with Crippen LogP contribution in [-0.4, -0.2) is 89.0 Å². The number of nitrogens with zero attached hydrogens (tertiary/aromatic N) is 3. The number of rotatable bonds is 21. The molecule has 0 aliphatic carbocycles. The van der Waals surface area contributed by atoms with Crippen molar-refractivity contribution in [2.75, 3.05) is 66.0 Å². The van der Waals surface area contributed by atoms with Gasteiger partial charge in [0.15, 0.2) is 8.32 Å². The van der Waals surface area contributed by atoms with Crippen molar-refractivity contribution in [2.45, 2.75) is 91.8 Å². The number of hydrogen-bond donors (Lipinski definition) is 0. The zero-order chi connectivity index (χ0) is 22.0. The minimum Gasteiger partial charge on any atom is -0.420 e. The molecule has 0 rings (SSSR count). The van der Waals surface area contributed by atoms with Gasteiger partial charge in [0.2, 0.25) is 0 Å². The zero-order valence-corrected chi connectivity index (χ0v) is 22.3. The molecule has 0 saturated heterocycles. The maximum absolute atomic E-state index is 5.76. The molecule has 29 heavy (non-hydrogen) atoms. The van der Waals surface area contributed by atoms with E-state index in [4.69, 9.17) is 4.43 Å². The molecular formula is C24H55N3OSi. The van der Waals surface area contributed by atoms with Crippen LogP contribution in [0.5, 0.6) is 0 Å². The second-order valence-corrected chi connectivity index (χ2v) is 13.7. The Hall–Kier alpha value is 0.0569. The Kier molecular flexibility index (Phi) is 18.8. The lowest BCUT2D eigenvalue weighted by Gasteiger charge is -2.28. The Labute approximate surface area is 185 Å². The molecule has 0 bridgehead atoms. The Morgan fingerprint density at radius 3 is 1.14 bits per heavy atom. The van der Waals surface area contributed by atoms with Crippen LogP contribution in [-0.2, 0) is 4.43 Å². The zero-order valence-electron chi connectivity index (χ0n) is 21.3. The monoisotopic (exact) mass is 429 g/mol. The van der Waals surface area contributed by atoms with Crippen LogP contribution in [0.1, 0.15) is 72.6 Å². The normalized spacial score (nSPS) is 12.6. The third-order valence-corrected chi connectivity index (χ3v) is 8.53. The average Bonchev–Trinajstić information content (AvgIpc) is 2.68. The highest BCUT2D eigenvalue weighted by Gasteiger charge is 2.20. The van der Waals surface area contributed by atoms with Gasteiger partial charge in [-0.2, -0.15) is 0 Å². The first-order valence-electron chi connectivity index (χ1n) is 12.6. The lowest BCUT2D eigenvalue weighted by atomic mass is 10.2. The van der Waals surface area contributed by atoms with Crippen LogP contribution in [0.3, 0.4) is 0 Å². The van der Waals surface area contributed by atoms with Gasteiger partial charge in [-0.15, -0.1) is 0 Å². The van der Waals surface area contributed by atoms with Crippen LogP contribution in [0.25, 0.3) is 0 Å². The summed E-state index contributed by atoms with van der Waals surface area (Å²) in [7, 11) is 0.470. The summed E-state index contributed by atoms with van der Waals surface area (Å²) in [4.78, 5) is 8.05. The first-order valence-corrected chi connectivity index (χ1v) is 15.8. The summed E-state index contributed by atoms with van der Waals surface area (Å²) in [5.41, 5.74) is 0. The van der Waals surface area contributed by atoms with Crippen LogP contribution in [0, 0.1) is 0 Å². The molecule has 0 aliphatic rings. The summed E-state index contributed by atoms with van der Waals surface area (Å²) >= 11 is 0. The summed E-state index contributed by atoms with van der Waals surface area (Å²) in [5.74, 6) is 0. The second kappa shape index (κ2) is 18.8. The van der Waals surface area contributed by atoms with Crippen molar-refractivity contribution in [3.63, 3.8) is 0 Å². The van der Waals surface area contributed by atoms with E-state index in [1.807, 2.05) is 7.11 Å². The lowest BCUT2D eigenvalue weighted by molar-refractivity contribution is 0.207. The van der Waals surface area contributed by atoms with E-state index in [-0.39, 0.29) is 0 Å². The Morgan fingerprint density at radius 2 is 0.828 bits per heavy atom. The van der Waals surface area contributed by atoms with Crippen molar-refractivity contribution in [1.29, 1.82) is 0 Å². The van der Waals surface area contributed by atoms with Crippen molar-refractivity contribution in [3.05, 3.63) is 0 Å². The molecule has 0 aliphatic heterocycles. The van der Waals surface area contributed by atoms with Gasteiger partial charge >= 0.3 is 0 Å². The van der Waals surface area contributed by atoms with Gasteiger partial charge in [-0.1, -0.05) is 27.7 Å². The summed E-state index contributed by atoms with van der Waals surface area (Å²) < 4.78 is 5.76. The number of hydrogen-bond acceptors (Lipinski definition) is 4. The van der Waals surface area contributed by atoms with Gasteiger partial charge in [0, 0.05) is 7.11 Å². The van der Waals surface area contributed by atoms with E-state index < -0.39 is 8.32 Å². The maximum Gasteiger partial charge on any atom is 0.186 e. The highest BCUT2D eigenvalue weighted by Crippen LogP contribution is 2.13. The van der Waals surface area contributed by atoms with Crippen LogP contribution in [0.4, 0.5) is 0 Å². The molecule has 0 aromatic carbocycles. The highest BCUT2D eigenvalue weighted by atomic mass is 28.4. The minimum atomic E-state index is -1.43. The molecular weight excluding hydrogens is 374 g/mol.